The molecule has 1 unspecified atom stereocenters. The van der Waals surface area contributed by atoms with Crippen molar-refractivity contribution in [1.29, 1.82) is 0 Å². The summed E-state index contributed by atoms with van der Waals surface area (Å²) in [6.45, 7) is 1.80. The van der Waals surface area contributed by atoms with Crippen LogP contribution in [0.2, 0.25) is 5.02 Å². The molecular formula is C23H18ClN5O5. The van der Waals surface area contributed by atoms with E-state index in [1.54, 1.807) is 55.1 Å². The van der Waals surface area contributed by atoms with Gasteiger partial charge >= 0.3 is 5.97 Å². The molecule has 0 spiro atoms. The number of esters is 1. The molecule has 4 aromatic rings. The summed E-state index contributed by atoms with van der Waals surface area (Å²) in [6.07, 6.45) is 0.0458. The van der Waals surface area contributed by atoms with Crippen LogP contribution in [0.15, 0.2) is 60.8 Å². The number of amides is 1. The van der Waals surface area contributed by atoms with Crippen LogP contribution in [0.5, 0.6) is 0 Å². The molecule has 11 heteroatoms. The molecule has 0 bridgehead atoms. The number of halogens is 1. The van der Waals surface area contributed by atoms with Gasteiger partial charge in [0.1, 0.15) is 0 Å². The lowest BCUT2D eigenvalue weighted by Crippen LogP contribution is -2.26. The first-order chi connectivity index (χ1) is 16.2. The van der Waals surface area contributed by atoms with Crippen molar-refractivity contribution < 1.29 is 19.2 Å². The fourth-order valence-corrected chi connectivity index (χ4v) is 3.63. The lowest BCUT2D eigenvalue weighted by Gasteiger charge is -2.18. The van der Waals surface area contributed by atoms with Gasteiger partial charge < -0.3 is 10.1 Å². The Balaban J connectivity index is 1.62. The monoisotopic (exact) mass is 479 g/mol. The summed E-state index contributed by atoms with van der Waals surface area (Å²) in [7, 11) is 1.75. The topological polar surface area (TPSA) is 129 Å². The standard InChI is InChI=1S/C23H18ClN5O5/c1-13-17-10-15(12-25-21(17)28(2)27-13)23(31)34-20(14-6-4-3-5-7-14)22(30)26-19-9-8-16(29(32)33)11-18(19)24/h3-12,20H,1-2H3,(H,26,30). The van der Waals surface area contributed by atoms with Crippen molar-refractivity contribution in [2.24, 2.45) is 7.05 Å². The maximum absolute atomic E-state index is 13.1. The number of aryl methyl sites for hydroxylation is 2. The molecule has 0 aliphatic rings. The number of hydrogen-bond donors (Lipinski definition) is 1. The Hall–Kier alpha value is -4.31. The Morgan fingerprint density at radius 1 is 1.18 bits per heavy atom. The van der Waals surface area contributed by atoms with E-state index in [1.807, 2.05) is 0 Å². The van der Waals surface area contributed by atoms with Crippen LogP contribution in [0.3, 0.4) is 0 Å². The SMILES string of the molecule is Cc1nn(C)c2ncc(C(=O)OC(C(=O)Nc3ccc([N+](=O)[O-])cc3Cl)c3ccccc3)cc12. The summed E-state index contributed by atoms with van der Waals surface area (Å²) in [5, 5.41) is 18.5. The number of aromatic nitrogens is 3. The van der Waals surface area contributed by atoms with Gasteiger partial charge in [0.15, 0.2) is 5.65 Å². The third-order valence-electron chi connectivity index (χ3n) is 5.09. The highest BCUT2D eigenvalue weighted by molar-refractivity contribution is 6.34. The second-order valence-corrected chi connectivity index (χ2v) is 7.82. The van der Waals surface area contributed by atoms with E-state index in [0.717, 1.165) is 6.07 Å². The molecule has 10 nitrogen and oxygen atoms in total. The molecule has 1 atom stereocenters. The second-order valence-electron chi connectivity index (χ2n) is 7.41. The average molecular weight is 480 g/mol. The molecular weight excluding hydrogens is 462 g/mol. The Morgan fingerprint density at radius 2 is 1.91 bits per heavy atom. The smallest absolute Gasteiger partial charge is 0.340 e. The van der Waals surface area contributed by atoms with Gasteiger partial charge in [-0.3, -0.25) is 19.6 Å². The second kappa shape index (κ2) is 9.28. The molecule has 0 saturated carbocycles. The van der Waals surface area contributed by atoms with E-state index in [2.05, 4.69) is 15.4 Å². The van der Waals surface area contributed by atoms with Gasteiger partial charge in [-0.1, -0.05) is 41.9 Å². The van der Waals surface area contributed by atoms with Gasteiger partial charge in [-0.25, -0.2) is 9.78 Å². The zero-order valence-corrected chi connectivity index (χ0v) is 18.8. The number of carbonyl (C=O) groups is 2. The molecule has 2 aromatic heterocycles. The van der Waals surface area contributed by atoms with Crippen LogP contribution < -0.4 is 5.32 Å². The van der Waals surface area contributed by atoms with Crippen molar-refractivity contribution in [2.75, 3.05) is 5.32 Å². The number of anilines is 1. The zero-order chi connectivity index (χ0) is 24.4. The summed E-state index contributed by atoms with van der Waals surface area (Å²) < 4.78 is 7.19. The number of pyridine rings is 1. The van der Waals surface area contributed by atoms with Gasteiger partial charge in [0.05, 0.1) is 26.9 Å². The van der Waals surface area contributed by atoms with Gasteiger partial charge in [0.25, 0.3) is 11.6 Å². The van der Waals surface area contributed by atoms with E-state index in [-0.39, 0.29) is 22.0 Å². The molecule has 4 rings (SSSR count). The first kappa shape index (κ1) is 22.9. The molecule has 34 heavy (non-hydrogen) atoms. The third-order valence-corrected chi connectivity index (χ3v) is 5.40. The Labute approximate surface area is 198 Å². The van der Waals surface area contributed by atoms with Crippen LogP contribution >= 0.6 is 11.6 Å². The molecule has 172 valence electrons. The summed E-state index contributed by atoms with van der Waals surface area (Å²) >= 11 is 6.10. The molecule has 0 aliphatic heterocycles. The molecule has 2 aromatic carbocycles. The molecule has 0 fully saturated rings. The number of rotatable bonds is 6. The number of fused-ring (bicyclic) bond motifs is 1. The number of benzene rings is 2. The summed E-state index contributed by atoms with van der Waals surface area (Å²) in [4.78, 5) is 40.7. The number of ether oxygens (including phenoxy) is 1. The highest BCUT2D eigenvalue weighted by Gasteiger charge is 2.27. The van der Waals surface area contributed by atoms with Crippen molar-refractivity contribution in [2.45, 2.75) is 13.0 Å². The average Bonchev–Trinajstić information content (AvgIpc) is 3.11. The van der Waals surface area contributed by atoms with Gasteiger partial charge in [0.2, 0.25) is 6.10 Å². The maximum Gasteiger partial charge on any atom is 0.340 e. The van der Waals surface area contributed by atoms with Crippen LogP contribution in [0.1, 0.15) is 27.7 Å². The van der Waals surface area contributed by atoms with Crippen LogP contribution in [0.25, 0.3) is 11.0 Å². The van der Waals surface area contributed by atoms with E-state index in [0.29, 0.717) is 22.3 Å². The summed E-state index contributed by atoms with van der Waals surface area (Å²) in [6, 6.07) is 13.7. The highest BCUT2D eigenvalue weighted by atomic mass is 35.5. The van der Waals surface area contributed by atoms with Crippen LogP contribution in [0.4, 0.5) is 11.4 Å². The van der Waals surface area contributed by atoms with Crippen molar-refractivity contribution in [3.8, 4) is 0 Å². The predicted octanol–water partition coefficient (Wildman–Crippen LogP) is 4.38. The molecule has 0 saturated heterocycles. The van der Waals surface area contributed by atoms with E-state index >= 15 is 0 Å². The van der Waals surface area contributed by atoms with Gasteiger partial charge in [-0.15, -0.1) is 0 Å². The van der Waals surface area contributed by atoms with Crippen LogP contribution in [0, 0.1) is 17.0 Å². The number of nitro benzene ring substituents is 1. The van der Waals surface area contributed by atoms with Gasteiger partial charge in [-0.2, -0.15) is 5.10 Å². The Morgan fingerprint density at radius 3 is 2.59 bits per heavy atom. The number of non-ortho nitro benzene ring substituents is 1. The maximum atomic E-state index is 13.1. The minimum atomic E-state index is -1.31. The summed E-state index contributed by atoms with van der Waals surface area (Å²) in [5.74, 6) is -1.43. The first-order valence-corrected chi connectivity index (χ1v) is 10.4. The highest BCUT2D eigenvalue weighted by Crippen LogP contribution is 2.29. The fourth-order valence-electron chi connectivity index (χ4n) is 3.41. The van der Waals surface area contributed by atoms with E-state index < -0.39 is 22.9 Å². The molecule has 1 N–H and O–H groups in total. The number of carbonyl (C=O) groups excluding carboxylic acids is 2. The van der Waals surface area contributed by atoms with E-state index in [1.165, 1.54) is 18.3 Å². The lowest BCUT2D eigenvalue weighted by molar-refractivity contribution is -0.384. The zero-order valence-electron chi connectivity index (χ0n) is 18.1. The van der Waals surface area contributed by atoms with Crippen molar-refractivity contribution in [3.05, 3.63) is 92.8 Å². The molecule has 0 radical (unpaired) electrons. The van der Waals surface area contributed by atoms with E-state index in [4.69, 9.17) is 16.3 Å². The van der Waals surface area contributed by atoms with Crippen molar-refractivity contribution in [3.63, 3.8) is 0 Å². The molecule has 1 amide bonds. The van der Waals surface area contributed by atoms with Crippen LogP contribution in [-0.2, 0) is 16.6 Å². The van der Waals surface area contributed by atoms with Crippen LogP contribution in [-0.4, -0.2) is 31.6 Å². The fraction of sp³-hybridized carbons (Fsp3) is 0.130. The number of nitrogens with zero attached hydrogens (tertiary/aromatic N) is 4. The number of hydrogen-bond acceptors (Lipinski definition) is 7. The molecule has 2 heterocycles. The quantitative estimate of drug-likeness (QED) is 0.247. The Kier molecular flexibility index (Phi) is 6.24. The minimum absolute atomic E-state index is 0.0256. The number of nitro groups is 1. The van der Waals surface area contributed by atoms with E-state index in [9.17, 15) is 19.7 Å². The van der Waals surface area contributed by atoms with Crippen molar-refractivity contribution in [1.82, 2.24) is 14.8 Å². The van der Waals surface area contributed by atoms with Gasteiger partial charge in [-0.05, 0) is 19.1 Å². The largest absolute Gasteiger partial charge is 0.444 e. The predicted molar refractivity (Wildman–Crippen MR) is 125 cm³/mol. The first-order valence-electron chi connectivity index (χ1n) is 10.0. The van der Waals surface area contributed by atoms with Gasteiger partial charge in [0, 0.05) is 36.3 Å². The normalized spacial score (nSPS) is 11.7. The minimum Gasteiger partial charge on any atom is -0.444 e. The lowest BCUT2D eigenvalue weighted by atomic mass is 10.1. The third kappa shape index (κ3) is 4.57. The number of nitrogens with one attached hydrogen (secondary N) is 1. The van der Waals surface area contributed by atoms with Crippen molar-refractivity contribution >= 4 is 45.9 Å². The molecule has 0 aliphatic carbocycles. The Bertz CT molecular complexity index is 1420. The summed E-state index contributed by atoms with van der Waals surface area (Å²) in [5.41, 5.74) is 1.82.